The summed E-state index contributed by atoms with van der Waals surface area (Å²) in [7, 11) is 0. The van der Waals surface area contributed by atoms with E-state index in [1.54, 1.807) is 23.1 Å². The van der Waals surface area contributed by atoms with E-state index in [1.165, 1.54) is 0 Å². The van der Waals surface area contributed by atoms with E-state index in [0.717, 1.165) is 11.3 Å². The number of rotatable bonds is 5. The lowest BCUT2D eigenvalue weighted by Crippen LogP contribution is -2.43. The van der Waals surface area contributed by atoms with Gasteiger partial charge in [-0.3, -0.25) is 4.79 Å². The zero-order valence-corrected chi connectivity index (χ0v) is 18.3. The fraction of sp³-hybridized carbons (Fsp3) is 0.391. The minimum atomic E-state index is -0.168. The molecule has 2 aromatic rings. The Bertz CT molecular complexity index is 908. The smallest absolute Gasteiger partial charge is 0.321 e. The highest BCUT2D eigenvalue weighted by molar-refractivity contribution is 6.32. The lowest BCUT2D eigenvalue weighted by molar-refractivity contribution is -0.121. The van der Waals surface area contributed by atoms with Gasteiger partial charge in [0.1, 0.15) is 0 Å². The van der Waals surface area contributed by atoms with Gasteiger partial charge in [-0.1, -0.05) is 29.8 Å². The van der Waals surface area contributed by atoms with Gasteiger partial charge in [0.25, 0.3) is 0 Å². The van der Waals surface area contributed by atoms with Crippen LogP contribution in [-0.2, 0) is 4.79 Å². The molecule has 0 saturated carbocycles. The van der Waals surface area contributed by atoms with Crippen LogP contribution >= 0.6 is 11.6 Å². The second-order valence-electron chi connectivity index (χ2n) is 7.83. The van der Waals surface area contributed by atoms with Crippen LogP contribution in [0.25, 0.3) is 0 Å². The predicted octanol–water partition coefficient (Wildman–Crippen LogP) is 5.32. The van der Waals surface area contributed by atoms with Gasteiger partial charge in [-0.15, -0.1) is 0 Å². The zero-order valence-electron chi connectivity index (χ0n) is 17.6. The van der Waals surface area contributed by atoms with Gasteiger partial charge in [0, 0.05) is 24.7 Å². The van der Waals surface area contributed by atoms with Crippen molar-refractivity contribution in [2.75, 3.05) is 23.7 Å². The third kappa shape index (κ3) is 5.66. The quantitative estimate of drug-likeness (QED) is 0.675. The second kappa shape index (κ2) is 9.85. The van der Waals surface area contributed by atoms with Crippen LogP contribution in [0.15, 0.2) is 42.5 Å². The van der Waals surface area contributed by atoms with Gasteiger partial charge >= 0.3 is 6.03 Å². The summed E-state index contributed by atoms with van der Waals surface area (Å²) in [5, 5.41) is 6.33. The van der Waals surface area contributed by atoms with E-state index in [9.17, 15) is 9.59 Å². The Morgan fingerprint density at radius 3 is 2.47 bits per heavy atom. The molecule has 0 unspecified atom stereocenters. The maximum atomic E-state index is 12.8. The molecular formula is C23H28ClN3O3. The number of anilines is 2. The van der Waals surface area contributed by atoms with Gasteiger partial charge in [-0.2, -0.15) is 0 Å². The Labute approximate surface area is 182 Å². The molecule has 7 heteroatoms. The fourth-order valence-electron chi connectivity index (χ4n) is 3.47. The number of urea groups is 1. The van der Waals surface area contributed by atoms with E-state index < -0.39 is 0 Å². The summed E-state index contributed by atoms with van der Waals surface area (Å²) in [6.45, 7) is 6.86. The number of likely N-dealkylation sites (tertiary alicyclic amines) is 1. The molecule has 1 heterocycles. The van der Waals surface area contributed by atoms with Crippen molar-refractivity contribution in [3.8, 4) is 5.75 Å². The molecule has 1 aliphatic rings. The lowest BCUT2D eigenvalue weighted by Gasteiger charge is -2.31. The number of carbonyl (C=O) groups is 2. The molecule has 3 rings (SSSR count). The minimum Gasteiger partial charge on any atom is -0.487 e. The molecule has 30 heavy (non-hydrogen) atoms. The van der Waals surface area contributed by atoms with Crippen molar-refractivity contribution in [2.45, 2.75) is 39.7 Å². The number of ether oxygens (including phenoxy) is 1. The third-order valence-corrected chi connectivity index (χ3v) is 5.30. The first-order chi connectivity index (χ1) is 14.3. The van der Waals surface area contributed by atoms with E-state index in [4.69, 9.17) is 16.3 Å². The van der Waals surface area contributed by atoms with E-state index in [-0.39, 0.29) is 24.0 Å². The number of hydrogen-bond donors (Lipinski definition) is 2. The molecule has 0 atom stereocenters. The van der Waals surface area contributed by atoms with Gasteiger partial charge in [-0.25, -0.2) is 4.79 Å². The van der Waals surface area contributed by atoms with Crippen molar-refractivity contribution < 1.29 is 14.3 Å². The summed E-state index contributed by atoms with van der Waals surface area (Å²) in [5.41, 5.74) is 2.43. The van der Waals surface area contributed by atoms with Crippen molar-refractivity contribution in [1.29, 1.82) is 0 Å². The Kier molecular flexibility index (Phi) is 7.21. The number of para-hydroxylation sites is 1. The van der Waals surface area contributed by atoms with Crippen LogP contribution in [0, 0.1) is 12.8 Å². The number of aryl methyl sites for hydroxylation is 1. The maximum Gasteiger partial charge on any atom is 0.321 e. The largest absolute Gasteiger partial charge is 0.487 e. The molecule has 3 amide bonds. The molecule has 1 fully saturated rings. The first-order valence-electron chi connectivity index (χ1n) is 10.2. The van der Waals surface area contributed by atoms with Crippen LogP contribution in [0.5, 0.6) is 5.75 Å². The summed E-state index contributed by atoms with van der Waals surface area (Å²) in [5.74, 6) is 0.237. The molecule has 160 valence electrons. The number of hydrogen-bond acceptors (Lipinski definition) is 3. The summed E-state index contributed by atoms with van der Waals surface area (Å²) in [6, 6.07) is 12.9. The summed E-state index contributed by atoms with van der Waals surface area (Å²) in [4.78, 5) is 27.1. The normalized spacial score (nSPS) is 14.5. The summed E-state index contributed by atoms with van der Waals surface area (Å²) >= 11 is 6.25. The highest BCUT2D eigenvalue weighted by Gasteiger charge is 2.28. The van der Waals surface area contributed by atoms with Crippen LogP contribution in [0.2, 0.25) is 5.02 Å². The second-order valence-corrected chi connectivity index (χ2v) is 8.24. The Balaban J connectivity index is 1.56. The molecule has 2 N–H and O–H groups in total. The zero-order chi connectivity index (χ0) is 21.7. The maximum absolute atomic E-state index is 12.8. The molecule has 0 aliphatic carbocycles. The number of nitrogens with one attached hydrogen (secondary N) is 2. The van der Waals surface area contributed by atoms with Crippen LogP contribution < -0.4 is 15.4 Å². The molecule has 6 nitrogen and oxygen atoms in total. The number of benzene rings is 2. The Morgan fingerprint density at radius 2 is 1.80 bits per heavy atom. The van der Waals surface area contributed by atoms with Crippen molar-refractivity contribution in [3.63, 3.8) is 0 Å². The average molecular weight is 430 g/mol. The van der Waals surface area contributed by atoms with E-state index in [0.29, 0.717) is 42.4 Å². The summed E-state index contributed by atoms with van der Waals surface area (Å²) in [6.07, 6.45) is 1.15. The topological polar surface area (TPSA) is 70.7 Å². The number of amides is 3. The van der Waals surface area contributed by atoms with Crippen molar-refractivity contribution in [3.05, 3.63) is 53.1 Å². The van der Waals surface area contributed by atoms with E-state index in [2.05, 4.69) is 10.6 Å². The third-order valence-electron chi connectivity index (χ3n) is 5.00. The van der Waals surface area contributed by atoms with Crippen LogP contribution in [-0.4, -0.2) is 36.0 Å². The van der Waals surface area contributed by atoms with Gasteiger partial charge in [0.2, 0.25) is 5.91 Å². The Hall–Kier alpha value is -2.73. The number of halogens is 1. The number of carbonyl (C=O) groups excluding carboxylic acids is 2. The molecule has 0 radical (unpaired) electrons. The monoisotopic (exact) mass is 429 g/mol. The molecular weight excluding hydrogens is 402 g/mol. The van der Waals surface area contributed by atoms with Crippen LogP contribution in [0.1, 0.15) is 32.3 Å². The summed E-state index contributed by atoms with van der Waals surface area (Å²) < 4.78 is 5.77. The van der Waals surface area contributed by atoms with Gasteiger partial charge in [0.05, 0.1) is 16.8 Å². The van der Waals surface area contributed by atoms with Gasteiger partial charge in [0.15, 0.2) is 5.75 Å². The van der Waals surface area contributed by atoms with Crippen LogP contribution in [0.4, 0.5) is 16.2 Å². The standard InChI is InChI=1S/C23H28ClN3O3/c1-15(2)30-21-19(24)8-5-9-20(21)26-22(28)17-10-12-27(13-11-17)23(29)25-18-7-4-6-16(3)14-18/h4-9,14-15,17H,10-13H2,1-3H3,(H,25,29)(H,26,28). The van der Waals surface area contributed by atoms with Crippen molar-refractivity contribution in [2.24, 2.45) is 5.92 Å². The molecule has 1 saturated heterocycles. The molecule has 0 aromatic heterocycles. The average Bonchev–Trinajstić information content (AvgIpc) is 2.70. The molecule has 1 aliphatic heterocycles. The van der Waals surface area contributed by atoms with E-state index >= 15 is 0 Å². The molecule has 2 aromatic carbocycles. The molecule has 0 spiro atoms. The van der Waals surface area contributed by atoms with Gasteiger partial charge < -0.3 is 20.3 Å². The lowest BCUT2D eigenvalue weighted by atomic mass is 9.96. The number of nitrogens with zero attached hydrogens (tertiary/aromatic N) is 1. The predicted molar refractivity (Wildman–Crippen MR) is 120 cm³/mol. The Morgan fingerprint density at radius 1 is 1.10 bits per heavy atom. The highest BCUT2D eigenvalue weighted by Crippen LogP contribution is 2.34. The van der Waals surface area contributed by atoms with Crippen molar-refractivity contribution in [1.82, 2.24) is 4.90 Å². The fourth-order valence-corrected chi connectivity index (χ4v) is 3.69. The first kappa shape index (κ1) is 22.0. The van der Waals surface area contributed by atoms with Crippen molar-refractivity contribution >= 4 is 34.9 Å². The van der Waals surface area contributed by atoms with Crippen LogP contribution in [0.3, 0.4) is 0 Å². The SMILES string of the molecule is Cc1cccc(NC(=O)N2CCC(C(=O)Nc3cccc(Cl)c3OC(C)C)CC2)c1. The molecule has 0 bridgehead atoms. The first-order valence-corrected chi connectivity index (χ1v) is 10.6. The van der Waals surface area contributed by atoms with E-state index in [1.807, 2.05) is 45.0 Å². The minimum absolute atomic E-state index is 0.0595. The number of piperidine rings is 1. The highest BCUT2D eigenvalue weighted by atomic mass is 35.5. The van der Waals surface area contributed by atoms with Gasteiger partial charge in [-0.05, 0) is 63.4 Å².